The van der Waals surface area contributed by atoms with Crippen LogP contribution < -0.4 is 9.62 Å². The number of carbonyl (C=O) groups is 2. The molecule has 0 spiro atoms. The van der Waals surface area contributed by atoms with E-state index in [9.17, 15) is 22.4 Å². The van der Waals surface area contributed by atoms with E-state index in [0.717, 1.165) is 46.1 Å². The number of sulfonamides is 1. The van der Waals surface area contributed by atoms with Crippen molar-refractivity contribution in [3.8, 4) is 0 Å². The van der Waals surface area contributed by atoms with Crippen molar-refractivity contribution in [2.45, 2.75) is 57.6 Å². The fourth-order valence-corrected chi connectivity index (χ4v) is 5.33. The maximum absolute atomic E-state index is 13.8. The third-order valence-corrected chi connectivity index (χ3v) is 8.12. The van der Waals surface area contributed by atoms with Crippen molar-refractivity contribution in [1.82, 2.24) is 10.2 Å². The molecule has 9 heteroatoms. The second-order valence-corrected chi connectivity index (χ2v) is 11.2. The molecule has 0 bridgehead atoms. The number of aryl methyl sites for hydroxylation is 1. The van der Waals surface area contributed by atoms with Crippen molar-refractivity contribution in [2.24, 2.45) is 0 Å². The zero-order valence-electron chi connectivity index (χ0n) is 22.1. The first-order chi connectivity index (χ1) is 18.0. The van der Waals surface area contributed by atoms with Gasteiger partial charge in [0.25, 0.3) is 10.0 Å². The van der Waals surface area contributed by atoms with Gasteiger partial charge in [0, 0.05) is 12.6 Å². The Morgan fingerprint density at radius 3 is 2.21 bits per heavy atom. The Bertz CT molecular complexity index is 1350. The van der Waals surface area contributed by atoms with Crippen molar-refractivity contribution in [2.75, 3.05) is 10.8 Å². The van der Waals surface area contributed by atoms with Crippen LogP contribution in [0.25, 0.3) is 0 Å². The first-order valence-electron chi connectivity index (χ1n) is 12.5. The van der Waals surface area contributed by atoms with E-state index in [1.807, 2.05) is 45.0 Å². The highest BCUT2D eigenvalue weighted by Gasteiger charge is 2.32. The zero-order valence-corrected chi connectivity index (χ0v) is 22.9. The van der Waals surface area contributed by atoms with Gasteiger partial charge in [0.05, 0.1) is 10.6 Å². The molecule has 202 valence electrons. The molecule has 0 aliphatic heterocycles. The Kier molecular flexibility index (Phi) is 9.63. The molecule has 0 fully saturated rings. The predicted octanol–water partition coefficient (Wildman–Crippen LogP) is 4.66. The van der Waals surface area contributed by atoms with Gasteiger partial charge in [-0.05, 0) is 69.2 Å². The molecule has 3 aromatic carbocycles. The summed E-state index contributed by atoms with van der Waals surface area (Å²) in [5.41, 5.74) is 2.09. The summed E-state index contributed by atoms with van der Waals surface area (Å²) in [6.45, 7) is 6.96. The first-order valence-corrected chi connectivity index (χ1v) is 14.0. The third kappa shape index (κ3) is 7.19. The summed E-state index contributed by atoms with van der Waals surface area (Å²) in [4.78, 5) is 28.1. The van der Waals surface area contributed by atoms with Gasteiger partial charge in [-0.2, -0.15) is 0 Å². The number of hydrogen-bond acceptors (Lipinski definition) is 4. The van der Waals surface area contributed by atoms with Crippen LogP contribution in [0.4, 0.5) is 10.1 Å². The van der Waals surface area contributed by atoms with E-state index in [2.05, 4.69) is 5.32 Å². The summed E-state index contributed by atoms with van der Waals surface area (Å²) in [7, 11) is -4.23. The van der Waals surface area contributed by atoms with Gasteiger partial charge in [-0.1, -0.05) is 55.0 Å². The highest BCUT2D eigenvalue weighted by atomic mass is 32.2. The lowest BCUT2D eigenvalue weighted by Gasteiger charge is -2.32. The number of anilines is 1. The maximum Gasteiger partial charge on any atom is 0.264 e. The Labute approximate surface area is 224 Å². The lowest BCUT2D eigenvalue weighted by molar-refractivity contribution is -0.139. The van der Waals surface area contributed by atoms with Crippen molar-refractivity contribution in [3.05, 3.63) is 95.8 Å². The zero-order chi connectivity index (χ0) is 27.9. The molecule has 3 aromatic rings. The molecule has 2 unspecified atom stereocenters. The van der Waals surface area contributed by atoms with Gasteiger partial charge < -0.3 is 10.2 Å². The standard InChI is InChI=1S/C29H34FN3O4S/c1-5-22(3)31-29(35)23(4)32(19-24-11-9-10-21(2)18-24)28(34)20-33(26-12-7-6-8-13-26)38(36,37)27-16-14-25(30)15-17-27/h6-18,22-23H,5,19-20H2,1-4H3,(H,31,35). The molecular weight excluding hydrogens is 505 g/mol. The van der Waals surface area contributed by atoms with Crippen LogP contribution in [0.3, 0.4) is 0 Å². The van der Waals surface area contributed by atoms with Gasteiger partial charge in [0.15, 0.2) is 0 Å². The fourth-order valence-electron chi connectivity index (χ4n) is 3.91. The molecule has 38 heavy (non-hydrogen) atoms. The summed E-state index contributed by atoms with van der Waals surface area (Å²) >= 11 is 0. The summed E-state index contributed by atoms with van der Waals surface area (Å²) in [5, 5.41) is 2.91. The van der Waals surface area contributed by atoms with Crippen molar-refractivity contribution in [1.29, 1.82) is 0 Å². The van der Waals surface area contributed by atoms with Gasteiger partial charge in [0.1, 0.15) is 18.4 Å². The van der Waals surface area contributed by atoms with Crippen LogP contribution in [0.1, 0.15) is 38.3 Å². The van der Waals surface area contributed by atoms with Crippen molar-refractivity contribution < 1.29 is 22.4 Å². The molecular formula is C29H34FN3O4S. The number of amides is 2. The lowest BCUT2D eigenvalue weighted by Crippen LogP contribution is -2.52. The van der Waals surface area contributed by atoms with E-state index in [0.29, 0.717) is 0 Å². The monoisotopic (exact) mass is 539 g/mol. The number of benzene rings is 3. The topological polar surface area (TPSA) is 86.8 Å². The minimum absolute atomic E-state index is 0.0828. The highest BCUT2D eigenvalue weighted by molar-refractivity contribution is 7.92. The second kappa shape index (κ2) is 12.7. The first kappa shape index (κ1) is 28.8. The van der Waals surface area contributed by atoms with E-state index in [1.54, 1.807) is 37.3 Å². The summed E-state index contributed by atoms with van der Waals surface area (Å²) in [6.07, 6.45) is 0.724. The smallest absolute Gasteiger partial charge is 0.264 e. The van der Waals surface area contributed by atoms with Gasteiger partial charge >= 0.3 is 0 Å². The molecule has 2 atom stereocenters. The van der Waals surface area contributed by atoms with Crippen LogP contribution in [0.15, 0.2) is 83.8 Å². The summed E-state index contributed by atoms with van der Waals surface area (Å²) in [6, 6.07) is 19.3. The molecule has 0 heterocycles. The Balaban J connectivity index is 2.00. The van der Waals surface area contributed by atoms with Crippen LogP contribution in [-0.2, 0) is 26.2 Å². The molecule has 0 saturated carbocycles. The van der Waals surface area contributed by atoms with Crippen LogP contribution in [0, 0.1) is 12.7 Å². The van der Waals surface area contributed by atoms with Crippen LogP contribution in [0.5, 0.6) is 0 Å². The average Bonchev–Trinajstić information content (AvgIpc) is 2.90. The van der Waals surface area contributed by atoms with E-state index < -0.39 is 34.3 Å². The molecule has 7 nitrogen and oxygen atoms in total. The van der Waals surface area contributed by atoms with Crippen LogP contribution >= 0.6 is 0 Å². The van der Waals surface area contributed by atoms with E-state index in [4.69, 9.17) is 0 Å². The second-order valence-electron chi connectivity index (χ2n) is 9.31. The quantitative estimate of drug-likeness (QED) is 0.384. The molecule has 3 rings (SSSR count). The lowest BCUT2D eigenvalue weighted by atomic mass is 10.1. The Hall–Kier alpha value is -3.72. The van der Waals surface area contributed by atoms with Crippen LogP contribution in [0.2, 0.25) is 0 Å². The Morgan fingerprint density at radius 2 is 1.61 bits per heavy atom. The largest absolute Gasteiger partial charge is 0.352 e. The molecule has 1 N–H and O–H groups in total. The van der Waals surface area contributed by atoms with E-state index in [-0.39, 0.29) is 29.1 Å². The highest BCUT2D eigenvalue weighted by Crippen LogP contribution is 2.24. The maximum atomic E-state index is 13.8. The molecule has 2 amide bonds. The minimum Gasteiger partial charge on any atom is -0.352 e. The third-order valence-electron chi connectivity index (χ3n) is 6.33. The van der Waals surface area contributed by atoms with Gasteiger partial charge in [-0.15, -0.1) is 0 Å². The van der Waals surface area contributed by atoms with Crippen LogP contribution in [-0.4, -0.2) is 43.8 Å². The van der Waals surface area contributed by atoms with E-state index in [1.165, 1.54) is 4.90 Å². The number of carbonyl (C=O) groups excluding carboxylic acids is 2. The van der Waals surface area contributed by atoms with Gasteiger partial charge in [-0.3, -0.25) is 13.9 Å². The number of halogens is 1. The SMILES string of the molecule is CCC(C)NC(=O)C(C)N(Cc1cccc(C)c1)C(=O)CN(c1ccccc1)S(=O)(=O)c1ccc(F)cc1. The molecule has 0 aliphatic rings. The van der Waals surface area contributed by atoms with Gasteiger partial charge in [0.2, 0.25) is 11.8 Å². The molecule has 0 saturated heterocycles. The summed E-state index contributed by atoms with van der Waals surface area (Å²) < 4.78 is 41.8. The van der Waals surface area contributed by atoms with Crippen molar-refractivity contribution in [3.63, 3.8) is 0 Å². The van der Waals surface area contributed by atoms with Crippen molar-refractivity contribution >= 4 is 27.5 Å². The average molecular weight is 540 g/mol. The number of nitrogens with one attached hydrogen (secondary N) is 1. The number of nitrogens with zero attached hydrogens (tertiary/aromatic N) is 2. The fraction of sp³-hybridized carbons (Fsp3) is 0.310. The molecule has 0 aliphatic carbocycles. The van der Waals surface area contributed by atoms with E-state index >= 15 is 0 Å². The minimum atomic E-state index is -4.23. The number of hydrogen-bond donors (Lipinski definition) is 1. The molecule has 0 aromatic heterocycles. The Morgan fingerprint density at radius 1 is 0.947 bits per heavy atom. The number of para-hydroxylation sites is 1. The number of rotatable bonds is 11. The predicted molar refractivity (Wildman–Crippen MR) is 146 cm³/mol. The van der Waals surface area contributed by atoms with Gasteiger partial charge in [-0.25, -0.2) is 12.8 Å². The normalized spacial score (nSPS) is 12.9. The summed E-state index contributed by atoms with van der Waals surface area (Å²) in [5.74, 6) is -1.45. The molecule has 0 radical (unpaired) electrons.